The van der Waals surface area contributed by atoms with E-state index >= 15 is 0 Å². The Morgan fingerprint density at radius 2 is 2.06 bits per heavy atom. The van der Waals surface area contributed by atoms with E-state index in [1.165, 1.54) is 36.8 Å². The number of piperidine rings is 1. The number of rotatable bonds is 1. The van der Waals surface area contributed by atoms with Crippen molar-refractivity contribution in [1.29, 1.82) is 0 Å². The van der Waals surface area contributed by atoms with Crippen LogP contribution in [0.4, 0.5) is 0 Å². The standard InChI is InChI=1S/C15H19N/c1-12-10-15(13-6-3-2-4-7-13)9-5-8-14(15)16-11-12/h2-4,6-7,14,16H,1,5,8-11H2. The van der Waals surface area contributed by atoms with Crippen molar-refractivity contribution in [3.05, 3.63) is 48.0 Å². The van der Waals surface area contributed by atoms with E-state index in [2.05, 4.69) is 42.2 Å². The Kier molecular flexibility index (Phi) is 2.36. The smallest absolute Gasteiger partial charge is 0.0170 e. The number of nitrogens with one attached hydrogen (secondary N) is 1. The lowest BCUT2D eigenvalue weighted by Gasteiger charge is -2.41. The highest BCUT2D eigenvalue weighted by Crippen LogP contribution is 2.47. The summed E-state index contributed by atoms with van der Waals surface area (Å²) in [5.41, 5.74) is 3.21. The van der Waals surface area contributed by atoms with Crippen molar-refractivity contribution in [2.24, 2.45) is 0 Å². The third-order valence-corrected chi connectivity index (χ3v) is 4.30. The maximum absolute atomic E-state index is 4.18. The molecule has 2 unspecified atom stereocenters. The zero-order valence-electron chi connectivity index (χ0n) is 9.71. The third-order valence-electron chi connectivity index (χ3n) is 4.30. The van der Waals surface area contributed by atoms with Crippen LogP contribution in [0.15, 0.2) is 42.5 Å². The average Bonchev–Trinajstić information content (AvgIpc) is 2.74. The van der Waals surface area contributed by atoms with E-state index in [0.717, 1.165) is 6.54 Å². The van der Waals surface area contributed by atoms with Crippen LogP contribution in [0.1, 0.15) is 31.2 Å². The van der Waals surface area contributed by atoms with Crippen molar-refractivity contribution in [3.63, 3.8) is 0 Å². The molecule has 1 aromatic carbocycles. The Morgan fingerprint density at radius 3 is 2.88 bits per heavy atom. The Hall–Kier alpha value is -1.08. The predicted octanol–water partition coefficient (Wildman–Crippen LogP) is 3.03. The van der Waals surface area contributed by atoms with E-state index in [1.54, 1.807) is 0 Å². The molecule has 2 aliphatic rings. The second kappa shape index (κ2) is 3.74. The first-order valence-corrected chi connectivity index (χ1v) is 6.27. The van der Waals surface area contributed by atoms with Crippen LogP contribution >= 0.6 is 0 Å². The molecule has 0 aromatic heterocycles. The molecule has 16 heavy (non-hydrogen) atoms. The van der Waals surface area contributed by atoms with Gasteiger partial charge in [-0.3, -0.25) is 0 Å². The first-order chi connectivity index (χ1) is 7.81. The minimum absolute atomic E-state index is 0.344. The second-order valence-electron chi connectivity index (χ2n) is 5.27. The molecule has 1 saturated carbocycles. The van der Waals surface area contributed by atoms with Gasteiger partial charge in [0.2, 0.25) is 0 Å². The van der Waals surface area contributed by atoms with Crippen LogP contribution in [0, 0.1) is 0 Å². The van der Waals surface area contributed by atoms with Crippen molar-refractivity contribution in [3.8, 4) is 0 Å². The van der Waals surface area contributed by atoms with E-state index in [4.69, 9.17) is 0 Å². The molecule has 1 aliphatic carbocycles. The van der Waals surface area contributed by atoms with E-state index in [1.807, 2.05) is 0 Å². The summed E-state index contributed by atoms with van der Waals surface area (Å²) in [6.45, 7) is 5.20. The zero-order valence-corrected chi connectivity index (χ0v) is 9.71. The molecule has 1 heterocycles. The van der Waals surface area contributed by atoms with E-state index in [-0.39, 0.29) is 0 Å². The highest BCUT2D eigenvalue weighted by atomic mass is 15.0. The van der Waals surface area contributed by atoms with Gasteiger partial charge in [-0.05, 0) is 24.8 Å². The summed E-state index contributed by atoms with van der Waals surface area (Å²) in [6.07, 6.45) is 5.16. The Morgan fingerprint density at radius 1 is 1.25 bits per heavy atom. The van der Waals surface area contributed by atoms with Gasteiger partial charge in [-0.15, -0.1) is 0 Å². The van der Waals surface area contributed by atoms with Gasteiger partial charge < -0.3 is 5.32 Å². The number of hydrogen-bond acceptors (Lipinski definition) is 1. The molecular weight excluding hydrogens is 194 g/mol. The monoisotopic (exact) mass is 213 g/mol. The molecule has 0 spiro atoms. The summed E-state index contributed by atoms with van der Waals surface area (Å²) in [5, 5.41) is 3.67. The van der Waals surface area contributed by atoms with E-state index in [0.29, 0.717) is 11.5 Å². The molecule has 3 rings (SSSR count). The highest BCUT2D eigenvalue weighted by molar-refractivity contribution is 5.34. The van der Waals surface area contributed by atoms with Gasteiger partial charge in [-0.1, -0.05) is 48.9 Å². The summed E-state index contributed by atoms with van der Waals surface area (Å²) >= 11 is 0. The first-order valence-electron chi connectivity index (χ1n) is 6.27. The van der Waals surface area contributed by atoms with Crippen molar-refractivity contribution >= 4 is 0 Å². The van der Waals surface area contributed by atoms with Crippen LogP contribution < -0.4 is 5.32 Å². The van der Waals surface area contributed by atoms with Crippen molar-refractivity contribution in [2.75, 3.05) is 6.54 Å². The summed E-state index contributed by atoms with van der Waals surface area (Å²) in [5.74, 6) is 0. The van der Waals surface area contributed by atoms with Crippen LogP contribution in [0.2, 0.25) is 0 Å². The fraction of sp³-hybridized carbons (Fsp3) is 0.467. The van der Waals surface area contributed by atoms with Gasteiger partial charge in [0, 0.05) is 18.0 Å². The minimum Gasteiger partial charge on any atom is -0.309 e. The quantitative estimate of drug-likeness (QED) is 0.707. The Balaban J connectivity index is 2.03. The van der Waals surface area contributed by atoms with Crippen molar-refractivity contribution < 1.29 is 0 Å². The molecule has 0 radical (unpaired) electrons. The summed E-state index contributed by atoms with van der Waals surface area (Å²) in [4.78, 5) is 0. The average molecular weight is 213 g/mol. The number of fused-ring (bicyclic) bond motifs is 1. The van der Waals surface area contributed by atoms with Crippen LogP contribution in [0.25, 0.3) is 0 Å². The van der Waals surface area contributed by atoms with Crippen LogP contribution in [-0.4, -0.2) is 12.6 Å². The topological polar surface area (TPSA) is 12.0 Å². The number of hydrogen-bond donors (Lipinski definition) is 1. The lowest BCUT2D eigenvalue weighted by Crippen LogP contribution is -2.49. The lowest BCUT2D eigenvalue weighted by molar-refractivity contribution is 0.303. The molecule has 1 N–H and O–H groups in total. The van der Waals surface area contributed by atoms with Crippen molar-refractivity contribution in [2.45, 2.75) is 37.1 Å². The van der Waals surface area contributed by atoms with Gasteiger partial charge in [0.05, 0.1) is 0 Å². The van der Waals surface area contributed by atoms with Gasteiger partial charge in [-0.2, -0.15) is 0 Å². The normalized spacial score (nSPS) is 33.8. The molecule has 1 heteroatoms. The molecule has 0 amide bonds. The van der Waals surface area contributed by atoms with E-state index < -0.39 is 0 Å². The predicted molar refractivity (Wildman–Crippen MR) is 67.5 cm³/mol. The van der Waals surface area contributed by atoms with E-state index in [9.17, 15) is 0 Å². The van der Waals surface area contributed by atoms with Crippen LogP contribution in [0.3, 0.4) is 0 Å². The van der Waals surface area contributed by atoms with Gasteiger partial charge in [0.1, 0.15) is 0 Å². The van der Waals surface area contributed by atoms with Gasteiger partial charge >= 0.3 is 0 Å². The second-order valence-corrected chi connectivity index (χ2v) is 5.27. The summed E-state index contributed by atoms with van der Waals surface area (Å²) in [6, 6.07) is 11.7. The molecule has 1 saturated heterocycles. The van der Waals surface area contributed by atoms with Crippen molar-refractivity contribution in [1.82, 2.24) is 5.32 Å². The lowest BCUT2D eigenvalue weighted by atomic mass is 9.69. The molecule has 2 fully saturated rings. The first kappa shape index (κ1) is 10.1. The maximum atomic E-state index is 4.18. The zero-order chi connectivity index (χ0) is 11.0. The third kappa shape index (κ3) is 1.42. The molecule has 84 valence electrons. The highest BCUT2D eigenvalue weighted by Gasteiger charge is 2.46. The number of benzene rings is 1. The molecular formula is C15H19N. The Labute approximate surface area is 97.6 Å². The molecule has 2 atom stereocenters. The molecule has 1 nitrogen and oxygen atoms in total. The molecule has 1 aliphatic heterocycles. The fourth-order valence-corrected chi connectivity index (χ4v) is 3.57. The van der Waals surface area contributed by atoms with Crippen LogP contribution in [0.5, 0.6) is 0 Å². The summed E-state index contributed by atoms with van der Waals surface area (Å²) < 4.78 is 0. The van der Waals surface area contributed by atoms with Gasteiger partial charge in [0.25, 0.3) is 0 Å². The maximum Gasteiger partial charge on any atom is 0.0170 e. The minimum atomic E-state index is 0.344. The molecule has 0 bridgehead atoms. The fourth-order valence-electron chi connectivity index (χ4n) is 3.57. The largest absolute Gasteiger partial charge is 0.309 e. The summed E-state index contributed by atoms with van der Waals surface area (Å²) in [7, 11) is 0. The van der Waals surface area contributed by atoms with Gasteiger partial charge in [-0.25, -0.2) is 0 Å². The van der Waals surface area contributed by atoms with Gasteiger partial charge in [0.15, 0.2) is 0 Å². The molecule has 1 aromatic rings. The SMILES string of the molecule is C=C1CNC2CCCC2(c2ccccc2)C1. The van der Waals surface area contributed by atoms with Crippen LogP contribution in [-0.2, 0) is 5.41 Å². The Bertz CT molecular complexity index is 395.